The van der Waals surface area contributed by atoms with Gasteiger partial charge in [0.2, 0.25) is 0 Å². The second-order valence-corrected chi connectivity index (χ2v) is 4.65. The Kier molecular flexibility index (Phi) is 8.94. The molecule has 1 aliphatic rings. The van der Waals surface area contributed by atoms with Crippen molar-refractivity contribution in [2.75, 3.05) is 19.6 Å². The van der Waals surface area contributed by atoms with E-state index >= 15 is 0 Å². The predicted octanol–water partition coefficient (Wildman–Crippen LogP) is 1.78. The molecule has 0 amide bonds. The van der Waals surface area contributed by atoms with Crippen LogP contribution in [0.4, 0.5) is 0 Å². The molecule has 1 fully saturated rings. The third kappa shape index (κ3) is 5.42. The van der Waals surface area contributed by atoms with Crippen LogP contribution in [-0.2, 0) is 0 Å². The summed E-state index contributed by atoms with van der Waals surface area (Å²) in [5.74, 6) is 0.927. The molecule has 5 heteroatoms. The Morgan fingerprint density at radius 1 is 1.18 bits per heavy atom. The zero-order valence-corrected chi connectivity index (χ0v) is 13.4. The molecule has 1 saturated heterocycles. The van der Waals surface area contributed by atoms with Gasteiger partial charge in [0.1, 0.15) is 0 Å². The fraction of sp³-hybridized carbons (Fsp3) is 0.917. The number of nitrogens with two attached hydrogens (primary N) is 2. The summed E-state index contributed by atoms with van der Waals surface area (Å²) in [5.41, 5.74) is 10.9. The van der Waals surface area contributed by atoms with Gasteiger partial charge in [-0.1, -0.05) is 26.7 Å². The van der Waals surface area contributed by atoms with Crippen molar-refractivity contribution in [3.8, 4) is 0 Å². The first-order valence-corrected chi connectivity index (χ1v) is 6.48. The van der Waals surface area contributed by atoms with E-state index in [1.165, 1.54) is 38.8 Å². The fourth-order valence-corrected chi connectivity index (χ4v) is 2.67. The van der Waals surface area contributed by atoms with Gasteiger partial charge in [-0.25, -0.2) is 0 Å². The first kappa shape index (κ1) is 17.0. The highest BCUT2D eigenvalue weighted by molar-refractivity contribution is 14.0. The first-order chi connectivity index (χ1) is 7.69. The highest BCUT2D eigenvalue weighted by atomic mass is 127. The van der Waals surface area contributed by atoms with Gasteiger partial charge in [0.25, 0.3) is 0 Å². The lowest BCUT2D eigenvalue weighted by molar-refractivity contribution is 0.172. The number of nitrogens with zero attached hydrogens (tertiary/aromatic N) is 2. The van der Waals surface area contributed by atoms with Crippen molar-refractivity contribution in [3.63, 3.8) is 0 Å². The summed E-state index contributed by atoms with van der Waals surface area (Å²) in [6.45, 7) is 7.69. The Balaban J connectivity index is 0.00000256. The number of hydrogen-bond acceptors (Lipinski definition) is 2. The lowest BCUT2D eigenvalue weighted by atomic mass is 9.93. The molecule has 1 unspecified atom stereocenters. The van der Waals surface area contributed by atoms with E-state index in [2.05, 4.69) is 23.7 Å². The van der Waals surface area contributed by atoms with E-state index < -0.39 is 0 Å². The van der Waals surface area contributed by atoms with Crippen molar-refractivity contribution in [1.29, 1.82) is 0 Å². The van der Waals surface area contributed by atoms with Crippen molar-refractivity contribution in [2.24, 2.45) is 22.4 Å². The quantitative estimate of drug-likeness (QED) is 0.434. The van der Waals surface area contributed by atoms with E-state index in [9.17, 15) is 0 Å². The average molecular weight is 354 g/mol. The molecule has 0 aromatic rings. The second kappa shape index (κ2) is 8.97. The molecule has 0 aliphatic carbocycles. The summed E-state index contributed by atoms with van der Waals surface area (Å²) in [6, 6.07) is 0.527. The van der Waals surface area contributed by atoms with Crippen molar-refractivity contribution < 1.29 is 0 Å². The van der Waals surface area contributed by atoms with Gasteiger partial charge in [-0.2, -0.15) is 0 Å². The van der Waals surface area contributed by atoms with Gasteiger partial charge < -0.3 is 11.5 Å². The van der Waals surface area contributed by atoms with Crippen LogP contribution >= 0.6 is 24.0 Å². The number of aliphatic imine (C=N–C) groups is 1. The van der Waals surface area contributed by atoms with E-state index in [0.29, 0.717) is 12.0 Å². The van der Waals surface area contributed by atoms with E-state index in [4.69, 9.17) is 11.5 Å². The largest absolute Gasteiger partial charge is 0.370 e. The number of hydrogen-bond donors (Lipinski definition) is 2. The van der Waals surface area contributed by atoms with Crippen molar-refractivity contribution in [1.82, 2.24) is 4.90 Å². The highest BCUT2D eigenvalue weighted by Gasteiger charge is 2.27. The van der Waals surface area contributed by atoms with Crippen molar-refractivity contribution in [2.45, 2.75) is 45.6 Å². The van der Waals surface area contributed by atoms with Crippen LogP contribution in [0.25, 0.3) is 0 Å². The number of rotatable bonds is 6. The third-order valence-electron chi connectivity index (χ3n) is 3.66. The number of likely N-dealkylation sites (tertiary alicyclic amines) is 1. The van der Waals surface area contributed by atoms with Crippen molar-refractivity contribution >= 4 is 29.9 Å². The van der Waals surface area contributed by atoms with Gasteiger partial charge in [0, 0.05) is 6.04 Å². The smallest absolute Gasteiger partial charge is 0.185 e. The molecule has 0 spiro atoms. The van der Waals surface area contributed by atoms with E-state index in [0.717, 1.165) is 6.54 Å². The molecule has 0 aromatic heterocycles. The molecule has 1 heterocycles. The van der Waals surface area contributed by atoms with Gasteiger partial charge in [0.15, 0.2) is 5.96 Å². The number of guanidine groups is 1. The molecule has 1 aliphatic heterocycles. The minimum absolute atomic E-state index is 0. The van der Waals surface area contributed by atoms with E-state index in [1.807, 2.05) is 0 Å². The summed E-state index contributed by atoms with van der Waals surface area (Å²) in [6.07, 6.45) is 5.05. The monoisotopic (exact) mass is 354 g/mol. The molecule has 17 heavy (non-hydrogen) atoms. The Morgan fingerprint density at radius 3 is 2.12 bits per heavy atom. The Labute approximate surface area is 122 Å². The molecule has 0 aromatic carbocycles. The predicted molar refractivity (Wildman–Crippen MR) is 84.8 cm³/mol. The van der Waals surface area contributed by atoms with Gasteiger partial charge in [-0.15, -0.1) is 24.0 Å². The minimum atomic E-state index is 0. The van der Waals surface area contributed by atoms with E-state index in [1.54, 1.807) is 0 Å². The molecule has 102 valence electrons. The standard InChI is InChI=1S/C12H26N4.HI/c1-3-10(4-2)11(9-15-12(13)14)16-7-5-6-8-16;/h10-11H,3-9H2,1-2H3,(H4,13,14,15);1H. The first-order valence-electron chi connectivity index (χ1n) is 6.48. The molecule has 1 rings (SSSR count). The highest BCUT2D eigenvalue weighted by Crippen LogP contribution is 2.23. The van der Waals surface area contributed by atoms with Crippen LogP contribution in [0.15, 0.2) is 4.99 Å². The van der Waals surface area contributed by atoms with Gasteiger partial charge >= 0.3 is 0 Å². The number of halogens is 1. The maximum absolute atomic E-state index is 5.43. The Hall–Kier alpha value is -0.0400. The average Bonchev–Trinajstić information content (AvgIpc) is 2.77. The fourth-order valence-electron chi connectivity index (χ4n) is 2.67. The molecule has 0 bridgehead atoms. The maximum atomic E-state index is 5.43. The summed E-state index contributed by atoms with van der Waals surface area (Å²) in [4.78, 5) is 6.78. The van der Waals surface area contributed by atoms with Gasteiger partial charge in [-0.05, 0) is 31.8 Å². The van der Waals surface area contributed by atoms with Crippen LogP contribution in [0, 0.1) is 5.92 Å². The van der Waals surface area contributed by atoms with Crippen LogP contribution in [0.5, 0.6) is 0 Å². The molecule has 0 saturated carbocycles. The molecular weight excluding hydrogens is 327 g/mol. The van der Waals surface area contributed by atoms with Crippen LogP contribution < -0.4 is 11.5 Å². The zero-order chi connectivity index (χ0) is 12.0. The van der Waals surface area contributed by atoms with Crippen LogP contribution in [0.2, 0.25) is 0 Å². The summed E-state index contributed by atoms with van der Waals surface area (Å²) in [7, 11) is 0. The molecule has 4 nitrogen and oxygen atoms in total. The SMILES string of the molecule is CCC(CC)C(CN=C(N)N)N1CCCC1.I. The van der Waals surface area contributed by atoms with Crippen LogP contribution in [0.3, 0.4) is 0 Å². The second-order valence-electron chi connectivity index (χ2n) is 4.65. The van der Waals surface area contributed by atoms with Crippen LogP contribution in [-0.4, -0.2) is 36.5 Å². The van der Waals surface area contributed by atoms with Crippen LogP contribution in [0.1, 0.15) is 39.5 Å². The van der Waals surface area contributed by atoms with E-state index in [-0.39, 0.29) is 29.9 Å². The molecule has 0 radical (unpaired) electrons. The van der Waals surface area contributed by atoms with Gasteiger partial charge in [-0.3, -0.25) is 9.89 Å². The lowest BCUT2D eigenvalue weighted by Gasteiger charge is -2.32. The summed E-state index contributed by atoms with van der Waals surface area (Å²) >= 11 is 0. The minimum Gasteiger partial charge on any atom is -0.370 e. The van der Waals surface area contributed by atoms with Crippen molar-refractivity contribution in [3.05, 3.63) is 0 Å². The lowest BCUT2D eigenvalue weighted by Crippen LogP contribution is -2.41. The summed E-state index contributed by atoms with van der Waals surface area (Å²) < 4.78 is 0. The topological polar surface area (TPSA) is 67.6 Å². The summed E-state index contributed by atoms with van der Waals surface area (Å²) in [5, 5.41) is 0. The zero-order valence-electron chi connectivity index (χ0n) is 11.1. The van der Waals surface area contributed by atoms with Gasteiger partial charge in [0.05, 0.1) is 6.54 Å². The Morgan fingerprint density at radius 2 is 1.71 bits per heavy atom. The maximum Gasteiger partial charge on any atom is 0.185 e. The molecule has 4 N–H and O–H groups in total. The Bertz CT molecular complexity index is 217. The third-order valence-corrected chi connectivity index (χ3v) is 3.66. The molecular formula is C12H27IN4. The normalized spacial score (nSPS) is 17.8. The molecule has 1 atom stereocenters.